The molecule has 1 aliphatic carbocycles. The van der Waals surface area contributed by atoms with Crippen LogP contribution >= 0.6 is 0 Å². The Morgan fingerprint density at radius 1 is 0.938 bits per heavy atom. The number of halogens is 6. The Kier molecular flexibility index (Phi) is 5.19. The van der Waals surface area contributed by atoms with E-state index in [0.717, 1.165) is 23.7 Å². The molecule has 2 aliphatic rings. The van der Waals surface area contributed by atoms with Gasteiger partial charge in [-0.25, -0.2) is 9.59 Å². The van der Waals surface area contributed by atoms with Crippen LogP contribution in [0.25, 0.3) is 11.1 Å². The van der Waals surface area contributed by atoms with Gasteiger partial charge in [0.15, 0.2) is 11.5 Å². The van der Waals surface area contributed by atoms with Crippen molar-refractivity contribution < 1.29 is 45.4 Å². The van der Waals surface area contributed by atoms with E-state index in [1.54, 1.807) is 12.1 Å². The molecule has 0 bridgehead atoms. The summed E-state index contributed by atoms with van der Waals surface area (Å²) >= 11 is 0. The van der Waals surface area contributed by atoms with Crippen LogP contribution in [0.2, 0.25) is 0 Å². The highest BCUT2D eigenvalue weighted by Crippen LogP contribution is 2.51. The first kappa shape index (κ1) is 22.1. The van der Waals surface area contributed by atoms with Gasteiger partial charge in [-0.2, -0.15) is 26.3 Å². The molecule has 0 amide bonds. The van der Waals surface area contributed by atoms with E-state index in [-0.39, 0.29) is 11.6 Å². The summed E-state index contributed by atoms with van der Waals surface area (Å²) in [5.74, 6) is -7.09. The van der Waals surface area contributed by atoms with Crippen LogP contribution < -0.4 is 9.47 Å². The molecule has 0 N–H and O–H groups in total. The van der Waals surface area contributed by atoms with E-state index in [2.05, 4.69) is 14.4 Å². The van der Waals surface area contributed by atoms with Crippen molar-refractivity contribution in [1.29, 1.82) is 0 Å². The number of benzene rings is 2. The maximum atomic E-state index is 12.9. The fourth-order valence-electron chi connectivity index (χ4n) is 4.14. The lowest BCUT2D eigenvalue weighted by molar-refractivity contribution is -0.191. The molecule has 1 aliphatic heterocycles. The van der Waals surface area contributed by atoms with Gasteiger partial charge >= 0.3 is 24.3 Å². The van der Waals surface area contributed by atoms with Crippen molar-refractivity contribution in [2.45, 2.75) is 31.2 Å². The minimum Gasteiger partial charge on any atom is -0.416 e. The fourth-order valence-corrected chi connectivity index (χ4v) is 4.14. The molecule has 1 atom stereocenters. The monoisotopic (exact) mass is 459 g/mol. The minimum atomic E-state index is -5.42. The lowest BCUT2D eigenvalue weighted by Gasteiger charge is -2.40. The van der Waals surface area contributed by atoms with Crippen LogP contribution in [0.4, 0.5) is 26.3 Å². The second-order valence-corrected chi connectivity index (χ2v) is 7.53. The smallest absolute Gasteiger partial charge is 0.416 e. The molecular formula is C21H15F6NO4. The zero-order valence-electron chi connectivity index (χ0n) is 16.4. The summed E-state index contributed by atoms with van der Waals surface area (Å²) in [7, 11) is 1.89. The summed E-state index contributed by atoms with van der Waals surface area (Å²) in [5, 5.41) is 0. The van der Waals surface area contributed by atoms with Crippen molar-refractivity contribution >= 4 is 11.9 Å². The van der Waals surface area contributed by atoms with E-state index < -0.39 is 35.8 Å². The Morgan fingerprint density at radius 3 is 2.25 bits per heavy atom. The van der Waals surface area contributed by atoms with Crippen LogP contribution in [-0.2, 0) is 22.4 Å². The Hall–Kier alpha value is -3.08. The number of nitrogens with zero attached hydrogens (tertiary/aromatic N) is 1. The summed E-state index contributed by atoms with van der Waals surface area (Å²) in [6.45, 7) is 0.744. The molecule has 170 valence electrons. The normalized spacial score (nSPS) is 17.9. The first-order valence-electron chi connectivity index (χ1n) is 9.44. The molecule has 32 heavy (non-hydrogen) atoms. The van der Waals surface area contributed by atoms with E-state index in [4.69, 9.17) is 0 Å². The standard InChI is InChI=1S/C21H15F6NO4/c1-28-8-7-10-3-2-4-12-15(10)13(28)9-11-5-6-14(31-18(29)20(22,23)24)17(16(11)12)32-19(30)21(25,26)27/h2-6,13H,7-9H2,1H3. The van der Waals surface area contributed by atoms with E-state index in [0.29, 0.717) is 24.0 Å². The number of carbonyl (C=O) groups is 2. The third kappa shape index (κ3) is 3.81. The maximum absolute atomic E-state index is 12.9. The van der Waals surface area contributed by atoms with E-state index in [9.17, 15) is 35.9 Å². The maximum Gasteiger partial charge on any atom is 0.491 e. The van der Waals surface area contributed by atoms with Gasteiger partial charge in [0.05, 0.1) is 0 Å². The summed E-state index contributed by atoms with van der Waals surface area (Å²) in [5.41, 5.74) is 2.58. The molecule has 1 unspecified atom stereocenters. The van der Waals surface area contributed by atoms with Gasteiger partial charge in [0.2, 0.25) is 0 Å². The van der Waals surface area contributed by atoms with Crippen LogP contribution in [0.1, 0.15) is 22.7 Å². The molecule has 0 spiro atoms. The van der Waals surface area contributed by atoms with Gasteiger partial charge in [-0.3, -0.25) is 4.90 Å². The van der Waals surface area contributed by atoms with E-state index in [1.807, 2.05) is 13.1 Å². The predicted molar refractivity (Wildman–Crippen MR) is 98.0 cm³/mol. The summed E-state index contributed by atoms with van der Waals surface area (Å²) in [6, 6.07) is 7.26. The van der Waals surface area contributed by atoms with Gasteiger partial charge in [0.1, 0.15) is 0 Å². The van der Waals surface area contributed by atoms with Crippen LogP contribution in [0.15, 0.2) is 30.3 Å². The summed E-state index contributed by atoms with van der Waals surface area (Å²) in [4.78, 5) is 25.0. The van der Waals surface area contributed by atoms with E-state index in [1.165, 1.54) is 6.07 Å². The molecule has 0 aromatic heterocycles. The van der Waals surface area contributed by atoms with Crippen molar-refractivity contribution in [2.24, 2.45) is 0 Å². The van der Waals surface area contributed by atoms with Gasteiger partial charge in [-0.1, -0.05) is 24.3 Å². The Balaban J connectivity index is 1.92. The number of rotatable bonds is 2. The van der Waals surface area contributed by atoms with E-state index >= 15 is 0 Å². The van der Waals surface area contributed by atoms with Crippen LogP contribution in [-0.4, -0.2) is 42.8 Å². The molecule has 0 saturated carbocycles. The average molecular weight is 459 g/mol. The lowest BCUT2D eigenvalue weighted by atomic mass is 9.77. The zero-order valence-corrected chi connectivity index (χ0v) is 16.4. The molecule has 5 nitrogen and oxygen atoms in total. The van der Waals surface area contributed by atoms with Crippen molar-refractivity contribution in [2.75, 3.05) is 13.6 Å². The largest absolute Gasteiger partial charge is 0.491 e. The first-order valence-corrected chi connectivity index (χ1v) is 9.44. The number of hydrogen-bond donors (Lipinski definition) is 0. The van der Waals surface area contributed by atoms with Crippen molar-refractivity contribution in [1.82, 2.24) is 4.90 Å². The molecular weight excluding hydrogens is 444 g/mol. The predicted octanol–water partition coefficient (Wildman–Crippen LogP) is 4.37. The van der Waals surface area contributed by atoms with Gasteiger partial charge in [0, 0.05) is 18.2 Å². The number of likely N-dealkylation sites (N-methyl/N-ethyl adjacent to an activating group) is 1. The van der Waals surface area contributed by atoms with Crippen LogP contribution in [0, 0.1) is 0 Å². The number of alkyl halides is 6. The number of carbonyl (C=O) groups excluding carboxylic acids is 2. The molecule has 4 rings (SSSR count). The molecule has 2 aromatic carbocycles. The number of fused-ring (bicyclic) bond motifs is 2. The van der Waals surface area contributed by atoms with Crippen molar-refractivity contribution in [3.05, 3.63) is 47.0 Å². The lowest BCUT2D eigenvalue weighted by Crippen LogP contribution is -2.36. The quantitative estimate of drug-likeness (QED) is 0.379. The van der Waals surface area contributed by atoms with Crippen molar-refractivity contribution in [3.63, 3.8) is 0 Å². The molecule has 11 heteroatoms. The Morgan fingerprint density at radius 2 is 1.59 bits per heavy atom. The summed E-state index contributed by atoms with van der Waals surface area (Å²) in [6.07, 6.45) is -9.84. The van der Waals surface area contributed by atoms with Gasteiger partial charge < -0.3 is 9.47 Å². The van der Waals surface area contributed by atoms with Crippen LogP contribution in [0.5, 0.6) is 11.5 Å². The number of esters is 2. The Bertz CT molecular complexity index is 1110. The van der Waals surface area contributed by atoms with Crippen molar-refractivity contribution in [3.8, 4) is 22.6 Å². The zero-order chi connectivity index (χ0) is 23.4. The molecule has 2 aromatic rings. The molecule has 0 fully saturated rings. The van der Waals surface area contributed by atoms with Crippen LogP contribution in [0.3, 0.4) is 0 Å². The molecule has 0 radical (unpaired) electrons. The molecule has 1 heterocycles. The first-order chi connectivity index (χ1) is 14.9. The number of ether oxygens (including phenoxy) is 2. The third-order valence-electron chi connectivity index (χ3n) is 5.55. The van der Waals surface area contributed by atoms with Gasteiger partial charge in [-0.05, 0) is 48.2 Å². The van der Waals surface area contributed by atoms with Gasteiger partial charge in [0.25, 0.3) is 0 Å². The average Bonchev–Trinajstić information content (AvgIpc) is 2.70. The second-order valence-electron chi connectivity index (χ2n) is 7.53. The molecule has 0 saturated heterocycles. The number of hydrogen-bond acceptors (Lipinski definition) is 5. The Labute approximate surface area is 177 Å². The highest BCUT2D eigenvalue weighted by Gasteiger charge is 2.45. The topological polar surface area (TPSA) is 55.8 Å². The highest BCUT2D eigenvalue weighted by molar-refractivity contribution is 5.89. The third-order valence-corrected chi connectivity index (χ3v) is 5.55. The highest BCUT2D eigenvalue weighted by atomic mass is 19.4. The summed E-state index contributed by atoms with van der Waals surface area (Å²) < 4.78 is 85.8. The SMILES string of the molecule is CN1CCc2cccc3c2C1Cc1ccc(OC(=O)C(F)(F)F)c(OC(=O)C(F)(F)F)c1-3. The minimum absolute atomic E-state index is 0.00141. The second kappa shape index (κ2) is 7.51. The fraction of sp³-hybridized carbons (Fsp3) is 0.333. The van der Waals surface area contributed by atoms with Gasteiger partial charge in [-0.15, -0.1) is 0 Å².